The molecule has 4 N–H and O–H groups in total. The molecule has 0 aliphatic rings. The lowest BCUT2D eigenvalue weighted by atomic mass is 10.2. The first-order valence-corrected chi connectivity index (χ1v) is 2.39. The van der Waals surface area contributed by atoms with Crippen LogP contribution in [0.25, 0.3) is 0 Å². The molecular formula is C5H12N2. The average Bonchev–Trinajstić information content (AvgIpc) is 1.61. The van der Waals surface area contributed by atoms with E-state index in [0.717, 1.165) is 6.42 Å². The molecule has 0 aliphatic heterocycles. The predicted molar refractivity (Wildman–Crippen MR) is 31.6 cm³/mol. The number of nitrogens with two attached hydrogens (primary N) is 2. The predicted octanol–water partition coefficient (Wildman–Crippen LogP) is 0.196. The van der Waals surface area contributed by atoms with E-state index in [4.69, 9.17) is 11.5 Å². The Morgan fingerprint density at radius 1 is 1.71 bits per heavy atom. The molecule has 0 rings (SSSR count). The second kappa shape index (κ2) is 3.68. The fraction of sp³-hybridized carbons (Fsp3) is 0.600. The first kappa shape index (κ1) is 6.50. The summed E-state index contributed by atoms with van der Waals surface area (Å²) in [5, 5.41) is 0. The lowest BCUT2D eigenvalue weighted by molar-refractivity contribution is 0.756. The topological polar surface area (TPSA) is 52.0 Å². The second-order valence-corrected chi connectivity index (χ2v) is 1.64. The van der Waals surface area contributed by atoms with E-state index in [1.54, 1.807) is 0 Å². The molecule has 0 saturated carbocycles. The normalized spacial score (nSPS) is 15.1. The van der Waals surface area contributed by atoms with Crippen molar-refractivity contribution in [3.8, 4) is 0 Å². The summed E-state index contributed by atoms with van der Waals surface area (Å²) >= 11 is 0. The van der Waals surface area contributed by atoms with Crippen molar-refractivity contribution in [3.63, 3.8) is 0 Å². The Labute approximate surface area is 44.2 Å². The minimum atomic E-state index is 0.236. The maximum absolute atomic E-state index is 5.37. The van der Waals surface area contributed by atoms with Gasteiger partial charge in [0, 0.05) is 6.04 Å². The molecule has 0 aliphatic carbocycles. The van der Waals surface area contributed by atoms with Crippen LogP contribution in [-0.2, 0) is 0 Å². The molecule has 0 aromatic heterocycles. The largest absolute Gasteiger partial charge is 0.405 e. The summed E-state index contributed by atoms with van der Waals surface area (Å²) in [7, 11) is 0. The molecule has 1 unspecified atom stereocenters. The average molecular weight is 100 g/mol. The van der Waals surface area contributed by atoms with Crippen molar-refractivity contribution in [2.75, 3.05) is 0 Å². The minimum absolute atomic E-state index is 0.236. The molecule has 0 bridgehead atoms. The van der Waals surface area contributed by atoms with Gasteiger partial charge in [-0.3, -0.25) is 0 Å². The van der Waals surface area contributed by atoms with Crippen LogP contribution in [0.4, 0.5) is 0 Å². The van der Waals surface area contributed by atoms with Gasteiger partial charge < -0.3 is 11.5 Å². The van der Waals surface area contributed by atoms with Crippen LogP contribution in [0, 0.1) is 0 Å². The summed E-state index contributed by atoms with van der Waals surface area (Å²) in [6.45, 7) is 1.94. The van der Waals surface area contributed by atoms with Crippen LogP contribution in [0.15, 0.2) is 12.3 Å². The zero-order valence-electron chi connectivity index (χ0n) is 4.59. The quantitative estimate of drug-likeness (QED) is 0.520. The highest BCUT2D eigenvalue weighted by Crippen LogP contribution is 1.83. The Balaban J connectivity index is 2.97. The molecule has 0 aromatic rings. The van der Waals surface area contributed by atoms with E-state index in [0.29, 0.717) is 0 Å². The van der Waals surface area contributed by atoms with Gasteiger partial charge in [0.25, 0.3) is 0 Å². The third-order valence-electron chi connectivity index (χ3n) is 0.644. The number of hydrogen-bond donors (Lipinski definition) is 2. The molecule has 1 atom stereocenters. The Morgan fingerprint density at radius 3 is 2.43 bits per heavy atom. The molecule has 0 amide bonds. The minimum Gasteiger partial charge on any atom is -0.405 e. The Morgan fingerprint density at radius 2 is 2.29 bits per heavy atom. The molecule has 0 heterocycles. The van der Waals surface area contributed by atoms with Crippen molar-refractivity contribution in [3.05, 3.63) is 12.3 Å². The van der Waals surface area contributed by atoms with Gasteiger partial charge in [-0.25, -0.2) is 0 Å². The zero-order chi connectivity index (χ0) is 5.70. The van der Waals surface area contributed by atoms with Gasteiger partial charge in [0.1, 0.15) is 0 Å². The SMILES string of the molecule is CC(N)C/C=C/N. The van der Waals surface area contributed by atoms with Crippen LogP contribution in [0.3, 0.4) is 0 Å². The molecule has 2 nitrogen and oxygen atoms in total. The van der Waals surface area contributed by atoms with Crippen LogP contribution >= 0.6 is 0 Å². The van der Waals surface area contributed by atoms with Crippen LogP contribution < -0.4 is 11.5 Å². The van der Waals surface area contributed by atoms with Crippen LogP contribution in [0.2, 0.25) is 0 Å². The van der Waals surface area contributed by atoms with Gasteiger partial charge in [0.2, 0.25) is 0 Å². The fourth-order valence-electron chi connectivity index (χ4n) is 0.293. The highest BCUT2D eigenvalue weighted by atomic mass is 14.6. The van der Waals surface area contributed by atoms with Gasteiger partial charge in [0.05, 0.1) is 0 Å². The molecule has 7 heavy (non-hydrogen) atoms. The summed E-state index contributed by atoms with van der Waals surface area (Å²) in [4.78, 5) is 0. The van der Waals surface area contributed by atoms with Crippen LogP contribution in [-0.4, -0.2) is 6.04 Å². The maximum Gasteiger partial charge on any atom is 0.00456 e. The van der Waals surface area contributed by atoms with E-state index in [1.807, 2.05) is 13.0 Å². The van der Waals surface area contributed by atoms with Crippen molar-refractivity contribution in [2.24, 2.45) is 11.5 Å². The molecule has 0 fully saturated rings. The first-order chi connectivity index (χ1) is 3.27. The Hall–Kier alpha value is -0.500. The van der Waals surface area contributed by atoms with E-state index in [9.17, 15) is 0 Å². The highest BCUT2D eigenvalue weighted by molar-refractivity contribution is 4.78. The summed E-state index contributed by atoms with van der Waals surface area (Å²) in [5.41, 5.74) is 10.4. The van der Waals surface area contributed by atoms with Crippen molar-refractivity contribution in [2.45, 2.75) is 19.4 Å². The van der Waals surface area contributed by atoms with Crippen molar-refractivity contribution >= 4 is 0 Å². The van der Waals surface area contributed by atoms with E-state index in [2.05, 4.69) is 0 Å². The molecule has 0 spiro atoms. The summed E-state index contributed by atoms with van der Waals surface area (Å²) in [6.07, 6.45) is 4.24. The van der Waals surface area contributed by atoms with E-state index < -0.39 is 0 Å². The molecular weight excluding hydrogens is 88.1 g/mol. The van der Waals surface area contributed by atoms with E-state index >= 15 is 0 Å². The fourth-order valence-corrected chi connectivity index (χ4v) is 0.293. The van der Waals surface area contributed by atoms with Gasteiger partial charge in [-0.2, -0.15) is 0 Å². The van der Waals surface area contributed by atoms with E-state index in [1.165, 1.54) is 6.20 Å². The number of hydrogen-bond acceptors (Lipinski definition) is 2. The zero-order valence-corrected chi connectivity index (χ0v) is 4.59. The monoisotopic (exact) mass is 100 g/mol. The van der Waals surface area contributed by atoms with Gasteiger partial charge >= 0.3 is 0 Å². The highest BCUT2D eigenvalue weighted by Gasteiger charge is 1.83. The van der Waals surface area contributed by atoms with Crippen LogP contribution in [0.5, 0.6) is 0 Å². The van der Waals surface area contributed by atoms with Crippen molar-refractivity contribution in [1.29, 1.82) is 0 Å². The molecule has 0 radical (unpaired) electrons. The van der Waals surface area contributed by atoms with Gasteiger partial charge in [-0.15, -0.1) is 0 Å². The molecule has 42 valence electrons. The van der Waals surface area contributed by atoms with E-state index in [-0.39, 0.29) is 6.04 Å². The second-order valence-electron chi connectivity index (χ2n) is 1.64. The third kappa shape index (κ3) is 5.50. The number of rotatable bonds is 2. The lowest BCUT2D eigenvalue weighted by Gasteiger charge is -1.94. The van der Waals surface area contributed by atoms with Crippen molar-refractivity contribution in [1.82, 2.24) is 0 Å². The Bertz CT molecular complexity index is 57.1. The summed E-state index contributed by atoms with van der Waals surface area (Å²) in [6, 6.07) is 0.236. The molecule has 0 aromatic carbocycles. The Kier molecular flexibility index (Phi) is 3.42. The molecule has 0 saturated heterocycles. The molecule has 2 heteroatoms. The van der Waals surface area contributed by atoms with Crippen molar-refractivity contribution < 1.29 is 0 Å². The van der Waals surface area contributed by atoms with Crippen LogP contribution in [0.1, 0.15) is 13.3 Å². The maximum atomic E-state index is 5.37. The summed E-state index contributed by atoms with van der Waals surface area (Å²) in [5.74, 6) is 0. The van der Waals surface area contributed by atoms with Gasteiger partial charge in [-0.05, 0) is 19.5 Å². The van der Waals surface area contributed by atoms with Gasteiger partial charge in [0.15, 0.2) is 0 Å². The standard InChI is InChI=1S/C5H12N2/c1-5(7)3-2-4-6/h2,4-5H,3,6-7H2,1H3/b4-2+. The smallest absolute Gasteiger partial charge is 0.00456 e. The lowest BCUT2D eigenvalue weighted by Crippen LogP contribution is -2.12. The summed E-state index contributed by atoms with van der Waals surface area (Å²) < 4.78 is 0. The van der Waals surface area contributed by atoms with Gasteiger partial charge in [-0.1, -0.05) is 6.08 Å². The third-order valence-corrected chi connectivity index (χ3v) is 0.644. The first-order valence-electron chi connectivity index (χ1n) is 2.39.